The number of hydrogen-bond donors (Lipinski definition) is 1. The highest BCUT2D eigenvalue weighted by Gasteiger charge is 2.27. The minimum absolute atomic E-state index is 0.256. The summed E-state index contributed by atoms with van der Waals surface area (Å²) < 4.78 is 22.2. The Morgan fingerprint density at radius 2 is 1.78 bits per heavy atom. The Bertz CT molecular complexity index is 343. The minimum Gasteiger partial charge on any atom is -0.313 e. The Hall–Kier alpha value is -0.0900. The highest BCUT2D eigenvalue weighted by molar-refractivity contribution is 7.90. The number of hydrogen-bond acceptors (Lipinski definition) is 3. The van der Waals surface area contributed by atoms with Crippen molar-refractivity contribution in [3.8, 4) is 0 Å². The molecule has 0 aromatic rings. The van der Waals surface area contributed by atoms with Crippen LogP contribution in [0.4, 0.5) is 0 Å². The fourth-order valence-electron chi connectivity index (χ4n) is 2.82. The fraction of sp³-hybridized carbons (Fsp3) is 1.00. The average Bonchev–Trinajstić information content (AvgIpc) is 2.40. The fourth-order valence-corrected chi connectivity index (χ4v) is 3.31. The molecule has 1 N–H and O–H groups in total. The van der Waals surface area contributed by atoms with Gasteiger partial charge in [0.05, 0.1) is 5.75 Å². The van der Waals surface area contributed by atoms with Gasteiger partial charge in [0.25, 0.3) is 0 Å². The van der Waals surface area contributed by atoms with E-state index in [0.717, 1.165) is 5.92 Å². The summed E-state index contributed by atoms with van der Waals surface area (Å²) in [6.45, 7) is 7.59. The van der Waals surface area contributed by atoms with E-state index >= 15 is 0 Å². The van der Waals surface area contributed by atoms with Gasteiger partial charge in [-0.15, -0.1) is 0 Å². The molecule has 18 heavy (non-hydrogen) atoms. The van der Waals surface area contributed by atoms with Crippen LogP contribution in [0.25, 0.3) is 0 Å². The quantitative estimate of drug-likeness (QED) is 0.802. The summed E-state index contributed by atoms with van der Waals surface area (Å²) in [5, 5.41) is 3.41. The third-order valence-electron chi connectivity index (χ3n) is 4.10. The molecule has 1 aliphatic rings. The number of sulfone groups is 1. The summed E-state index contributed by atoms with van der Waals surface area (Å²) in [4.78, 5) is 0. The first-order valence-corrected chi connectivity index (χ1v) is 9.15. The number of rotatable bonds is 4. The summed E-state index contributed by atoms with van der Waals surface area (Å²) in [6.07, 6.45) is 7.52. The van der Waals surface area contributed by atoms with E-state index < -0.39 is 9.84 Å². The van der Waals surface area contributed by atoms with Gasteiger partial charge in [-0.3, -0.25) is 0 Å². The smallest absolute Gasteiger partial charge is 0.148 e. The molecule has 0 radical (unpaired) electrons. The second-order valence-corrected chi connectivity index (χ2v) is 9.11. The SMILES string of the molecule is CC(C)(C)C1CCCC(NCCS(C)(=O)=O)CC1. The van der Waals surface area contributed by atoms with Crippen LogP contribution in [0.2, 0.25) is 0 Å². The van der Waals surface area contributed by atoms with E-state index in [1.54, 1.807) is 0 Å². The molecule has 1 saturated carbocycles. The number of nitrogens with one attached hydrogen (secondary N) is 1. The molecule has 0 amide bonds. The van der Waals surface area contributed by atoms with Gasteiger partial charge in [0.15, 0.2) is 0 Å². The van der Waals surface area contributed by atoms with E-state index in [9.17, 15) is 8.42 Å². The monoisotopic (exact) mass is 275 g/mol. The zero-order valence-corrected chi connectivity index (χ0v) is 13.1. The van der Waals surface area contributed by atoms with Crippen molar-refractivity contribution in [1.82, 2.24) is 5.32 Å². The molecule has 2 atom stereocenters. The molecule has 0 spiro atoms. The first-order valence-electron chi connectivity index (χ1n) is 7.09. The van der Waals surface area contributed by atoms with Gasteiger partial charge in [-0.25, -0.2) is 8.42 Å². The van der Waals surface area contributed by atoms with E-state index in [2.05, 4.69) is 26.1 Å². The van der Waals surface area contributed by atoms with Crippen LogP contribution in [0.5, 0.6) is 0 Å². The molecule has 108 valence electrons. The molecule has 2 unspecified atom stereocenters. The van der Waals surface area contributed by atoms with Crippen molar-refractivity contribution in [3.63, 3.8) is 0 Å². The lowest BCUT2D eigenvalue weighted by atomic mass is 9.76. The predicted molar refractivity (Wildman–Crippen MR) is 77.5 cm³/mol. The molecule has 3 nitrogen and oxygen atoms in total. The average molecular weight is 275 g/mol. The highest BCUT2D eigenvalue weighted by Crippen LogP contribution is 2.36. The van der Waals surface area contributed by atoms with Crippen molar-refractivity contribution >= 4 is 9.84 Å². The van der Waals surface area contributed by atoms with Crippen molar-refractivity contribution in [2.45, 2.75) is 58.9 Å². The van der Waals surface area contributed by atoms with Crippen LogP contribution in [-0.2, 0) is 9.84 Å². The van der Waals surface area contributed by atoms with Crippen LogP contribution < -0.4 is 5.32 Å². The second kappa shape index (κ2) is 6.38. The van der Waals surface area contributed by atoms with Gasteiger partial charge in [-0.2, -0.15) is 0 Å². The van der Waals surface area contributed by atoms with Crippen molar-refractivity contribution in [2.24, 2.45) is 11.3 Å². The summed E-state index contributed by atoms with van der Waals surface area (Å²) >= 11 is 0. The topological polar surface area (TPSA) is 46.2 Å². The first-order chi connectivity index (χ1) is 8.18. The van der Waals surface area contributed by atoms with Gasteiger partial charge in [0, 0.05) is 18.8 Å². The lowest BCUT2D eigenvalue weighted by Gasteiger charge is -2.29. The predicted octanol–water partition coefficient (Wildman–Crippen LogP) is 2.62. The Morgan fingerprint density at radius 3 is 2.33 bits per heavy atom. The standard InChI is InChI=1S/C14H29NO2S/c1-14(2,3)12-6-5-7-13(9-8-12)15-10-11-18(4,16)17/h12-13,15H,5-11H2,1-4H3. The summed E-state index contributed by atoms with van der Waals surface area (Å²) in [5.41, 5.74) is 0.404. The summed E-state index contributed by atoms with van der Waals surface area (Å²) in [7, 11) is -2.83. The Kier molecular flexibility index (Phi) is 5.66. The van der Waals surface area contributed by atoms with Gasteiger partial charge in [-0.05, 0) is 37.0 Å². The van der Waals surface area contributed by atoms with Crippen LogP contribution in [0.1, 0.15) is 52.9 Å². The van der Waals surface area contributed by atoms with Gasteiger partial charge in [-0.1, -0.05) is 27.2 Å². The van der Waals surface area contributed by atoms with E-state index in [0.29, 0.717) is 18.0 Å². The molecule has 1 fully saturated rings. The van der Waals surface area contributed by atoms with Crippen LogP contribution in [0, 0.1) is 11.3 Å². The van der Waals surface area contributed by atoms with Crippen molar-refractivity contribution in [1.29, 1.82) is 0 Å². The zero-order chi connectivity index (χ0) is 13.8. The summed E-state index contributed by atoms with van der Waals surface area (Å²) in [5.74, 6) is 1.06. The van der Waals surface area contributed by atoms with Crippen molar-refractivity contribution < 1.29 is 8.42 Å². The molecule has 0 bridgehead atoms. The van der Waals surface area contributed by atoms with E-state index in [1.807, 2.05) is 0 Å². The highest BCUT2D eigenvalue weighted by atomic mass is 32.2. The lowest BCUT2D eigenvalue weighted by molar-refractivity contribution is 0.213. The summed E-state index contributed by atoms with van der Waals surface area (Å²) in [6, 6.07) is 0.513. The Balaban J connectivity index is 2.34. The molecule has 0 aromatic carbocycles. The molecular formula is C14H29NO2S. The Morgan fingerprint density at radius 1 is 1.11 bits per heavy atom. The molecule has 1 rings (SSSR count). The minimum atomic E-state index is -2.83. The van der Waals surface area contributed by atoms with Gasteiger partial charge in [0.2, 0.25) is 0 Å². The van der Waals surface area contributed by atoms with Crippen molar-refractivity contribution in [2.75, 3.05) is 18.6 Å². The van der Waals surface area contributed by atoms with Crippen LogP contribution in [0.3, 0.4) is 0 Å². The second-order valence-electron chi connectivity index (χ2n) is 6.85. The largest absolute Gasteiger partial charge is 0.313 e. The van der Waals surface area contributed by atoms with Gasteiger partial charge >= 0.3 is 0 Å². The van der Waals surface area contributed by atoms with Crippen LogP contribution in [-0.4, -0.2) is 33.0 Å². The molecule has 1 aliphatic carbocycles. The first kappa shape index (κ1) is 16.0. The van der Waals surface area contributed by atoms with Crippen molar-refractivity contribution in [3.05, 3.63) is 0 Å². The molecule has 0 saturated heterocycles. The van der Waals surface area contributed by atoms with Gasteiger partial charge < -0.3 is 5.32 Å². The maximum absolute atomic E-state index is 11.1. The molecule has 0 aromatic heterocycles. The van der Waals surface area contributed by atoms with E-state index in [4.69, 9.17) is 0 Å². The maximum Gasteiger partial charge on any atom is 0.148 e. The van der Waals surface area contributed by atoms with Crippen LogP contribution >= 0.6 is 0 Å². The zero-order valence-electron chi connectivity index (χ0n) is 12.3. The molecule has 4 heteroatoms. The molecule has 0 heterocycles. The molecule has 0 aliphatic heterocycles. The Labute approximate surface area is 113 Å². The van der Waals surface area contributed by atoms with Crippen LogP contribution in [0.15, 0.2) is 0 Å². The maximum atomic E-state index is 11.1. The molecular weight excluding hydrogens is 246 g/mol. The van der Waals surface area contributed by atoms with E-state index in [-0.39, 0.29) is 5.75 Å². The van der Waals surface area contributed by atoms with E-state index in [1.165, 1.54) is 38.4 Å². The third-order valence-corrected chi connectivity index (χ3v) is 5.05. The van der Waals surface area contributed by atoms with Gasteiger partial charge in [0.1, 0.15) is 9.84 Å². The normalized spacial score (nSPS) is 26.9. The third kappa shape index (κ3) is 6.19. The lowest BCUT2D eigenvalue weighted by Crippen LogP contribution is -2.32.